The molecule has 0 unspecified atom stereocenters. The molecular weight excluding hydrogens is 266 g/mol. The smallest absolute Gasteiger partial charge is 0.171 e. The van der Waals surface area contributed by atoms with Crippen molar-refractivity contribution in [2.75, 3.05) is 11.9 Å². The number of rotatable bonds is 5. The second-order valence-corrected chi connectivity index (χ2v) is 4.89. The predicted octanol–water partition coefficient (Wildman–Crippen LogP) is 3.17. The van der Waals surface area contributed by atoms with Gasteiger partial charge in [-0.1, -0.05) is 43.3 Å². The lowest BCUT2D eigenvalue weighted by Gasteiger charge is -2.12. The summed E-state index contributed by atoms with van der Waals surface area (Å²) in [5.41, 5.74) is 2.47. The summed E-state index contributed by atoms with van der Waals surface area (Å²) in [6, 6.07) is 14.4. The summed E-state index contributed by atoms with van der Waals surface area (Å²) in [6.45, 7) is 2.91. The Labute approximate surface area is 125 Å². The minimum Gasteiger partial charge on any atom is -0.362 e. The molecule has 2 N–H and O–H groups in total. The van der Waals surface area contributed by atoms with Crippen LogP contribution in [0.2, 0.25) is 0 Å². The van der Waals surface area contributed by atoms with Gasteiger partial charge in [-0.25, -0.2) is 4.98 Å². The Bertz CT molecular complexity index is 555. The molecule has 2 aromatic rings. The molecule has 4 heteroatoms. The average molecular weight is 285 g/mol. The van der Waals surface area contributed by atoms with Crippen LogP contribution in [0, 0.1) is 0 Å². The van der Waals surface area contributed by atoms with Crippen molar-refractivity contribution in [3.8, 4) is 0 Å². The van der Waals surface area contributed by atoms with Crippen LogP contribution in [-0.2, 0) is 12.8 Å². The number of anilines is 1. The van der Waals surface area contributed by atoms with E-state index in [2.05, 4.69) is 40.7 Å². The number of pyridine rings is 1. The van der Waals surface area contributed by atoms with Crippen molar-refractivity contribution in [1.29, 1.82) is 0 Å². The molecule has 20 heavy (non-hydrogen) atoms. The van der Waals surface area contributed by atoms with E-state index in [0.29, 0.717) is 5.11 Å². The van der Waals surface area contributed by atoms with Crippen LogP contribution in [0.5, 0.6) is 0 Å². The number of aryl methyl sites for hydroxylation is 1. The number of nitrogens with zero attached hydrogens (tertiary/aromatic N) is 1. The molecular formula is C16H19N3S. The second kappa shape index (κ2) is 7.60. The highest BCUT2D eigenvalue weighted by Gasteiger charge is 2.03. The molecule has 3 nitrogen and oxygen atoms in total. The van der Waals surface area contributed by atoms with Gasteiger partial charge in [-0.2, -0.15) is 0 Å². The molecule has 0 saturated carbocycles. The lowest BCUT2D eigenvalue weighted by atomic mass is 10.1. The van der Waals surface area contributed by atoms with Crippen molar-refractivity contribution in [3.63, 3.8) is 0 Å². The molecule has 0 aliphatic carbocycles. The maximum Gasteiger partial charge on any atom is 0.171 e. The Morgan fingerprint density at radius 1 is 1.15 bits per heavy atom. The van der Waals surface area contributed by atoms with E-state index in [9.17, 15) is 0 Å². The molecule has 0 saturated heterocycles. The summed E-state index contributed by atoms with van der Waals surface area (Å²) in [5, 5.41) is 6.99. The first-order chi connectivity index (χ1) is 9.79. The van der Waals surface area contributed by atoms with Gasteiger partial charge in [-0.3, -0.25) is 0 Å². The maximum atomic E-state index is 5.30. The van der Waals surface area contributed by atoms with Gasteiger partial charge in [-0.05, 0) is 42.3 Å². The van der Waals surface area contributed by atoms with E-state index in [1.165, 1.54) is 11.1 Å². The van der Waals surface area contributed by atoms with Gasteiger partial charge in [0, 0.05) is 12.7 Å². The third kappa shape index (κ3) is 4.31. The van der Waals surface area contributed by atoms with Crippen molar-refractivity contribution < 1.29 is 0 Å². The van der Waals surface area contributed by atoms with Crippen molar-refractivity contribution in [2.24, 2.45) is 0 Å². The van der Waals surface area contributed by atoms with Gasteiger partial charge in [0.05, 0.1) is 0 Å². The quantitative estimate of drug-likeness (QED) is 0.827. The first-order valence-electron chi connectivity index (χ1n) is 6.82. The van der Waals surface area contributed by atoms with Crippen LogP contribution < -0.4 is 10.6 Å². The van der Waals surface area contributed by atoms with Crippen LogP contribution >= 0.6 is 12.2 Å². The fraction of sp³-hybridized carbons (Fsp3) is 0.250. The summed E-state index contributed by atoms with van der Waals surface area (Å²) in [4.78, 5) is 4.32. The van der Waals surface area contributed by atoms with Gasteiger partial charge >= 0.3 is 0 Å². The Morgan fingerprint density at radius 3 is 2.70 bits per heavy atom. The fourth-order valence-corrected chi connectivity index (χ4v) is 2.15. The molecule has 1 heterocycles. The van der Waals surface area contributed by atoms with E-state index in [-0.39, 0.29) is 0 Å². The number of hydrogen-bond acceptors (Lipinski definition) is 2. The van der Waals surface area contributed by atoms with Gasteiger partial charge < -0.3 is 10.6 Å². The molecule has 1 aromatic heterocycles. The highest BCUT2D eigenvalue weighted by atomic mass is 32.1. The van der Waals surface area contributed by atoms with Crippen LogP contribution in [0.3, 0.4) is 0 Å². The Kier molecular flexibility index (Phi) is 5.50. The third-order valence-electron chi connectivity index (χ3n) is 3.05. The normalized spacial score (nSPS) is 10.1. The molecule has 0 aliphatic rings. The number of nitrogens with one attached hydrogen (secondary N) is 2. The molecule has 0 atom stereocenters. The van der Waals surface area contributed by atoms with Crippen LogP contribution in [0.25, 0.3) is 0 Å². The average Bonchev–Trinajstić information content (AvgIpc) is 2.49. The molecule has 2 rings (SSSR count). The molecule has 0 bridgehead atoms. The molecule has 0 amide bonds. The zero-order valence-electron chi connectivity index (χ0n) is 11.6. The zero-order valence-corrected chi connectivity index (χ0v) is 12.4. The summed E-state index contributed by atoms with van der Waals surface area (Å²) < 4.78 is 0. The molecule has 0 aliphatic heterocycles. The number of hydrogen-bond donors (Lipinski definition) is 2. The number of aromatic nitrogens is 1. The van der Waals surface area contributed by atoms with E-state index in [1.807, 2.05) is 24.3 Å². The molecule has 104 valence electrons. The number of thiocarbonyl (C=S) groups is 1. The van der Waals surface area contributed by atoms with Crippen LogP contribution in [0.1, 0.15) is 18.1 Å². The third-order valence-corrected chi connectivity index (χ3v) is 3.29. The first-order valence-corrected chi connectivity index (χ1v) is 7.23. The van der Waals surface area contributed by atoms with E-state index in [0.717, 1.165) is 25.2 Å². The van der Waals surface area contributed by atoms with E-state index in [1.54, 1.807) is 6.20 Å². The van der Waals surface area contributed by atoms with Crippen molar-refractivity contribution in [2.45, 2.75) is 19.8 Å². The van der Waals surface area contributed by atoms with Gasteiger partial charge in [0.15, 0.2) is 5.11 Å². The SMILES string of the molecule is CCc1cccnc1NC(=S)NCCc1ccccc1. The summed E-state index contributed by atoms with van der Waals surface area (Å²) in [6.07, 6.45) is 3.66. The van der Waals surface area contributed by atoms with E-state index >= 15 is 0 Å². The maximum absolute atomic E-state index is 5.30. The van der Waals surface area contributed by atoms with Crippen LogP contribution in [0.15, 0.2) is 48.7 Å². The minimum atomic E-state index is 0.620. The standard InChI is InChI=1S/C16H19N3S/c1-2-14-9-6-11-17-15(14)19-16(20)18-12-10-13-7-4-3-5-8-13/h3-9,11H,2,10,12H2,1H3,(H2,17,18,19,20). The van der Waals surface area contributed by atoms with Crippen LogP contribution in [-0.4, -0.2) is 16.6 Å². The summed E-state index contributed by atoms with van der Waals surface area (Å²) >= 11 is 5.30. The Morgan fingerprint density at radius 2 is 1.95 bits per heavy atom. The minimum absolute atomic E-state index is 0.620. The second-order valence-electron chi connectivity index (χ2n) is 4.48. The highest BCUT2D eigenvalue weighted by Crippen LogP contribution is 2.11. The van der Waals surface area contributed by atoms with Crippen molar-refractivity contribution >= 4 is 23.1 Å². The molecule has 0 radical (unpaired) electrons. The molecule has 1 aromatic carbocycles. The van der Waals surface area contributed by atoms with E-state index in [4.69, 9.17) is 12.2 Å². The van der Waals surface area contributed by atoms with Gasteiger partial charge in [0.1, 0.15) is 5.82 Å². The molecule has 0 spiro atoms. The van der Waals surface area contributed by atoms with Gasteiger partial charge in [0.25, 0.3) is 0 Å². The number of benzene rings is 1. The summed E-state index contributed by atoms with van der Waals surface area (Å²) in [7, 11) is 0. The lowest BCUT2D eigenvalue weighted by Crippen LogP contribution is -2.30. The highest BCUT2D eigenvalue weighted by molar-refractivity contribution is 7.80. The largest absolute Gasteiger partial charge is 0.362 e. The summed E-state index contributed by atoms with van der Waals surface area (Å²) in [5.74, 6) is 0.840. The zero-order chi connectivity index (χ0) is 14.2. The van der Waals surface area contributed by atoms with Gasteiger partial charge in [-0.15, -0.1) is 0 Å². The Balaban J connectivity index is 1.81. The van der Waals surface area contributed by atoms with E-state index < -0.39 is 0 Å². The Hall–Kier alpha value is -1.94. The topological polar surface area (TPSA) is 37.0 Å². The predicted molar refractivity (Wildman–Crippen MR) is 88.0 cm³/mol. The first kappa shape index (κ1) is 14.5. The fourth-order valence-electron chi connectivity index (χ4n) is 1.95. The van der Waals surface area contributed by atoms with Gasteiger partial charge in [0.2, 0.25) is 0 Å². The lowest BCUT2D eigenvalue weighted by molar-refractivity contribution is 0.872. The molecule has 0 fully saturated rings. The monoisotopic (exact) mass is 285 g/mol. The van der Waals surface area contributed by atoms with Crippen molar-refractivity contribution in [3.05, 3.63) is 59.8 Å². The van der Waals surface area contributed by atoms with Crippen molar-refractivity contribution in [1.82, 2.24) is 10.3 Å². The van der Waals surface area contributed by atoms with Crippen LogP contribution in [0.4, 0.5) is 5.82 Å².